The van der Waals surface area contributed by atoms with Crippen LogP contribution in [0.4, 0.5) is 4.79 Å². The Morgan fingerprint density at radius 1 is 1.16 bits per heavy atom. The van der Waals surface area contributed by atoms with E-state index >= 15 is 0 Å². The highest BCUT2D eigenvalue weighted by atomic mass is 16.6. The SMILES string of the molecule is CC(C)(C)OC(=O)NCC(=O)c1cccc(OCC2CCCCC2)c1. The van der Waals surface area contributed by atoms with Crippen LogP contribution in [0.3, 0.4) is 0 Å². The molecule has 0 unspecified atom stereocenters. The largest absolute Gasteiger partial charge is 0.493 e. The molecule has 1 N–H and O–H groups in total. The van der Waals surface area contributed by atoms with Crippen LogP contribution in [0, 0.1) is 5.92 Å². The van der Waals surface area contributed by atoms with Gasteiger partial charge in [-0.25, -0.2) is 4.79 Å². The van der Waals surface area contributed by atoms with Crippen LogP contribution >= 0.6 is 0 Å². The number of rotatable bonds is 6. The van der Waals surface area contributed by atoms with Crippen molar-refractivity contribution < 1.29 is 19.1 Å². The highest BCUT2D eigenvalue weighted by Gasteiger charge is 2.17. The van der Waals surface area contributed by atoms with E-state index in [1.54, 1.807) is 39.0 Å². The number of hydrogen-bond acceptors (Lipinski definition) is 4. The molecule has 0 aliphatic heterocycles. The molecule has 0 heterocycles. The fourth-order valence-electron chi connectivity index (χ4n) is 2.90. The first-order valence-corrected chi connectivity index (χ1v) is 9.06. The molecule has 1 aromatic carbocycles. The van der Waals surface area contributed by atoms with E-state index in [-0.39, 0.29) is 12.3 Å². The Labute approximate surface area is 150 Å². The molecule has 1 saturated carbocycles. The van der Waals surface area contributed by atoms with E-state index in [4.69, 9.17) is 9.47 Å². The Bertz CT molecular complexity index is 586. The number of alkyl carbamates (subject to hydrolysis) is 1. The predicted molar refractivity (Wildman–Crippen MR) is 97.1 cm³/mol. The molecule has 1 aromatic rings. The molecule has 138 valence electrons. The van der Waals surface area contributed by atoms with Crippen molar-refractivity contribution in [1.82, 2.24) is 5.32 Å². The molecule has 1 aliphatic carbocycles. The molecule has 0 radical (unpaired) electrons. The van der Waals surface area contributed by atoms with Gasteiger partial charge in [-0.05, 0) is 51.7 Å². The fraction of sp³-hybridized carbons (Fsp3) is 0.600. The number of amides is 1. The highest BCUT2D eigenvalue weighted by molar-refractivity contribution is 5.99. The standard InChI is InChI=1S/C20H29NO4/c1-20(2,3)25-19(23)21-13-18(22)16-10-7-11-17(12-16)24-14-15-8-5-4-6-9-15/h7,10-12,15H,4-6,8-9,13-14H2,1-3H3,(H,21,23). The lowest BCUT2D eigenvalue weighted by Crippen LogP contribution is -2.35. The van der Waals surface area contributed by atoms with E-state index in [1.807, 2.05) is 6.07 Å². The second kappa shape index (κ2) is 8.88. The maximum absolute atomic E-state index is 12.2. The van der Waals surface area contributed by atoms with Crippen LogP contribution in [-0.4, -0.2) is 30.6 Å². The predicted octanol–water partition coefficient (Wildman–Crippen LogP) is 4.35. The number of hydrogen-bond donors (Lipinski definition) is 1. The van der Waals surface area contributed by atoms with Crippen molar-refractivity contribution in [1.29, 1.82) is 0 Å². The fourth-order valence-corrected chi connectivity index (χ4v) is 2.90. The van der Waals surface area contributed by atoms with Crippen LogP contribution in [0.5, 0.6) is 5.75 Å². The average molecular weight is 347 g/mol. The van der Waals surface area contributed by atoms with Gasteiger partial charge < -0.3 is 14.8 Å². The van der Waals surface area contributed by atoms with Gasteiger partial charge in [0.2, 0.25) is 0 Å². The third-order valence-corrected chi connectivity index (χ3v) is 4.16. The van der Waals surface area contributed by atoms with Gasteiger partial charge in [0.05, 0.1) is 13.2 Å². The van der Waals surface area contributed by atoms with Crippen molar-refractivity contribution in [3.63, 3.8) is 0 Å². The number of ether oxygens (including phenoxy) is 2. The molecule has 1 fully saturated rings. The first-order valence-electron chi connectivity index (χ1n) is 9.06. The Morgan fingerprint density at radius 3 is 2.56 bits per heavy atom. The van der Waals surface area contributed by atoms with Gasteiger partial charge in [-0.1, -0.05) is 31.4 Å². The number of nitrogens with one attached hydrogen (secondary N) is 1. The van der Waals surface area contributed by atoms with E-state index in [9.17, 15) is 9.59 Å². The second-order valence-electron chi connectivity index (χ2n) is 7.62. The number of carbonyl (C=O) groups is 2. The Balaban J connectivity index is 1.82. The molecule has 5 heteroatoms. The Morgan fingerprint density at radius 2 is 1.88 bits per heavy atom. The summed E-state index contributed by atoms with van der Waals surface area (Å²) in [6.45, 7) is 5.94. The van der Waals surface area contributed by atoms with E-state index in [0.717, 1.165) is 0 Å². The summed E-state index contributed by atoms with van der Waals surface area (Å²) < 4.78 is 11.0. The molecule has 0 spiro atoms. The second-order valence-corrected chi connectivity index (χ2v) is 7.62. The number of Topliss-reactive ketones (excluding diaryl/α,β-unsaturated/α-hetero) is 1. The number of benzene rings is 1. The summed E-state index contributed by atoms with van der Waals surface area (Å²) >= 11 is 0. The van der Waals surface area contributed by atoms with Crippen molar-refractivity contribution in [3.05, 3.63) is 29.8 Å². The molecule has 0 bridgehead atoms. The van der Waals surface area contributed by atoms with Crippen LogP contribution in [0.1, 0.15) is 63.2 Å². The molecular formula is C20H29NO4. The zero-order valence-electron chi connectivity index (χ0n) is 15.5. The summed E-state index contributed by atoms with van der Waals surface area (Å²) in [7, 11) is 0. The van der Waals surface area contributed by atoms with Crippen LogP contribution in [0.25, 0.3) is 0 Å². The molecule has 25 heavy (non-hydrogen) atoms. The van der Waals surface area contributed by atoms with Gasteiger partial charge in [-0.15, -0.1) is 0 Å². The van der Waals surface area contributed by atoms with Gasteiger partial charge in [0.15, 0.2) is 5.78 Å². The van der Waals surface area contributed by atoms with Gasteiger partial charge in [0.25, 0.3) is 0 Å². The quantitative estimate of drug-likeness (QED) is 0.777. The summed E-state index contributed by atoms with van der Waals surface area (Å²) in [5, 5.41) is 2.49. The minimum atomic E-state index is -0.592. The highest BCUT2D eigenvalue weighted by Crippen LogP contribution is 2.25. The Hall–Kier alpha value is -2.04. The third kappa shape index (κ3) is 7.16. The van der Waals surface area contributed by atoms with E-state index in [2.05, 4.69) is 5.32 Å². The molecule has 0 saturated heterocycles. The molecular weight excluding hydrogens is 318 g/mol. The van der Waals surface area contributed by atoms with Crippen LogP contribution < -0.4 is 10.1 Å². The van der Waals surface area contributed by atoms with Gasteiger partial charge >= 0.3 is 6.09 Å². The minimum Gasteiger partial charge on any atom is -0.493 e. The topological polar surface area (TPSA) is 64.6 Å². The average Bonchev–Trinajstić information content (AvgIpc) is 2.57. The first-order chi connectivity index (χ1) is 11.8. The lowest BCUT2D eigenvalue weighted by atomic mass is 9.90. The van der Waals surface area contributed by atoms with Crippen molar-refractivity contribution in [2.24, 2.45) is 5.92 Å². The molecule has 0 aromatic heterocycles. The van der Waals surface area contributed by atoms with Gasteiger partial charge in [-0.3, -0.25) is 4.79 Å². The minimum absolute atomic E-state index is 0.0962. The monoisotopic (exact) mass is 347 g/mol. The summed E-state index contributed by atoms with van der Waals surface area (Å²) in [6, 6.07) is 7.13. The van der Waals surface area contributed by atoms with E-state index in [1.165, 1.54) is 32.1 Å². The van der Waals surface area contributed by atoms with Crippen LogP contribution in [0.15, 0.2) is 24.3 Å². The van der Waals surface area contributed by atoms with Crippen molar-refractivity contribution >= 4 is 11.9 Å². The van der Waals surface area contributed by atoms with Crippen LogP contribution in [0.2, 0.25) is 0 Å². The smallest absolute Gasteiger partial charge is 0.408 e. The zero-order valence-corrected chi connectivity index (χ0v) is 15.5. The first kappa shape index (κ1) is 19.3. The summed E-state index contributed by atoms with van der Waals surface area (Å²) in [4.78, 5) is 23.9. The molecule has 5 nitrogen and oxygen atoms in total. The number of carbonyl (C=O) groups excluding carboxylic acids is 2. The molecule has 0 atom stereocenters. The van der Waals surface area contributed by atoms with Gasteiger partial charge in [0, 0.05) is 5.56 Å². The lowest BCUT2D eigenvalue weighted by molar-refractivity contribution is 0.0520. The maximum Gasteiger partial charge on any atom is 0.408 e. The molecule has 1 aliphatic rings. The Kier molecular flexibility index (Phi) is 6.85. The summed E-state index contributed by atoms with van der Waals surface area (Å²) in [6.07, 6.45) is 5.74. The normalized spacial score (nSPS) is 15.5. The third-order valence-electron chi connectivity index (χ3n) is 4.16. The van der Waals surface area contributed by atoms with Crippen molar-refractivity contribution in [2.75, 3.05) is 13.2 Å². The summed E-state index contributed by atoms with van der Waals surface area (Å²) in [5.41, 5.74) is -0.0581. The molecule has 1 amide bonds. The van der Waals surface area contributed by atoms with E-state index in [0.29, 0.717) is 23.8 Å². The lowest BCUT2D eigenvalue weighted by Gasteiger charge is -2.21. The summed E-state index contributed by atoms with van der Waals surface area (Å²) in [5.74, 6) is 1.14. The van der Waals surface area contributed by atoms with Gasteiger partial charge in [0.1, 0.15) is 11.4 Å². The number of ketones is 1. The van der Waals surface area contributed by atoms with Gasteiger partial charge in [-0.2, -0.15) is 0 Å². The van der Waals surface area contributed by atoms with Crippen LogP contribution in [-0.2, 0) is 4.74 Å². The molecule has 2 rings (SSSR count). The van der Waals surface area contributed by atoms with Crippen molar-refractivity contribution in [2.45, 2.75) is 58.5 Å². The maximum atomic E-state index is 12.2. The zero-order chi connectivity index (χ0) is 18.3. The van der Waals surface area contributed by atoms with Crippen molar-refractivity contribution in [3.8, 4) is 5.75 Å². The van der Waals surface area contributed by atoms with E-state index < -0.39 is 11.7 Å².